The number of allylic oxidation sites excluding steroid dienone is 1. The summed E-state index contributed by atoms with van der Waals surface area (Å²) in [4.78, 5) is 12.4. The van der Waals surface area contributed by atoms with Gasteiger partial charge in [-0.25, -0.2) is 4.79 Å². The molecule has 0 bridgehead atoms. The lowest BCUT2D eigenvalue weighted by atomic mass is 9.95. The number of hydrogen-bond donors (Lipinski definition) is 0. The first-order valence-electron chi connectivity index (χ1n) is 7.68. The van der Waals surface area contributed by atoms with E-state index in [2.05, 4.69) is 25.1 Å². The molecule has 1 aromatic heterocycles. The molecule has 1 aliphatic rings. The highest BCUT2D eigenvalue weighted by molar-refractivity contribution is 5.83. The van der Waals surface area contributed by atoms with Crippen molar-refractivity contribution in [1.82, 2.24) is 0 Å². The molecule has 0 saturated heterocycles. The standard InChI is InChI=1S/C20H16O3/c1-13-10-11-14-6-2-3-7-15(14)12-22-19-18(13)16-8-4-5-9-17(16)23-20(19)21/h2-11,13H,12H2,1H3/b11-10-. The van der Waals surface area contributed by atoms with E-state index in [1.165, 1.54) is 0 Å². The summed E-state index contributed by atoms with van der Waals surface area (Å²) in [6, 6.07) is 15.6. The summed E-state index contributed by atoms with van der Waals surface area (Å²) in [7, 11) is 0. The molecule has 0 fully saturated rings. The highest BCUT2D eigenvalue weighted by atomic mass is 16.5. The van der Waals surface area contributed by atoms with Gasteiger partial charge in [0.1, 0.15) is 12.2 Å². The summed E-state index contributed by atoms with van der Waals surface area (Å²) in [6.45, 7) is 2.42. The van der Waals surface area contributed by atoms with Gasteiger partial charge in [-0.2, -0.15) is 0 Å². The summed E-state index contributed by atoms with van der Waals surface area (Å²) in [5.74, 6) is 0.364. The summed E-state index contributed by atoms with van der Waals surface area (Å²) in [5.41, 5.74) is 3.23. The third-order valence-electron chi connectivity index (χ3n) is 4.26. The van der Waals surface area contributed by atoms with Gasteiger partial charge in [0, 0.05) is 16.9 Å². The van der Waals surface area contributed by atoms with Crippen molar-refractivity contribution in [3.63, 3.8) is 0 Å². The maximum Gasteiger partial charge on any atom is 0.379 e. The predicted molar refractivity (Wildman–Crippen MR) is 90.7 cm³/mol. The Morgan fingerprint density at radius 3 is 2.74 bits per heavy atom. The van der Waals surface area contributed by atoms with Gasteiger partial charge in [0.25, 0.3) is 0 Å². The van der Waals surface area contributed by atoms with Gasteiger partial charge < -0.3 is 9.15 Å². The topological polar surface area (TPSA) is 39.4 Å². The van der Waals surface area contributed by atoms with E-state index < -0.39 is 5.63 Å². The Hall–Kier alpha value is -2.81. The molecule has 2 aromatic carbocycles. The van der Waals surface area contributed by atoms with Gasteiger partial charge in [-0.3, -0.25) is 0 Å². The molecule has 0 N–H and O–H groups in total. The smallest absolute Gasteiger partial charge is 0.379 e. The third-order valence-corrected chi connectivity index (χ3v) is 4.26. The maximum absolute atomic E-state index is 12.4. The molecule has 0 spiro atoms. The SMILES string of the molecule is CC1/C=C\c2ccccc2COc2c1c1ccccc1oc2=O. The van der Waals surface area contributed by atoms with Crippen LogP contribution in [0, 0.1) is 0 Å². The molecule has 2 heterocycles. The van der Waals surface area contributed by atoms with Gasteiger partial charge in [0.2, 0.25) is 5.75 Å². The largest absolute Gasteiger partial charge is 0.481 e. The van der Waals surface area contributed by atoms with Crippen molar-refractivity contribution < 1.29 is 9.15 Å². The van der Waals surface area contributed by atoms with Crippen LogP contribution in [0.3, 0.4) is 0 Å². The minimum absolute atomic E-state index is 0.0464. The van der Waals surface area contributed by atoms with E-state index in [0.717, 1.165) is 22.1 Å². The van der Waals surface area contributed by atoms with Crippen LogP contribution < -0.4 is 10.4 Å². The second-order valence-corrected chi connectivity index (χ2v) is 5.76. The first-order valence-corrected chi connectivity index (χ1v) is 7.68. The van der Waals surface area contributed by atoms with Crippen molar-refractivity contribution in [1.29, 1.82) is 0 Å². The van der Waals surface area contributed by atoms with Crippen LogP contribution in [0.25, 0.3) is 17.0 Å². The number of rotatable bonds is 0. The van der Waals surface area contributed by atoms with Crippen LogP contribution in [0.2, 0.25) is 0 Å². The Morgan fingerprint density at radius 2 is 1.83 bits per heavy atom. The molecule has 1 aliphatic heterocycles. The fraction of sp³-hybridized carbons (Fsp3) is 0.150. The van der Waals surface area contributed by atoms with Crippen molar-refractivity contribution in [3.8, 4) is 5.75 Å². The Morgan fingerprint density at radius 1 is 1.04 bits per heavy atom. The molecule has 23 heavy (non-hydrogen) atoms. The summed E-state index contributed by atoms with van der Waals surface area (Å²) < 4.78 is 11.3. The molecule has 114 valence electrons. The van der Waals surface area contributed by atoms with Crippen LogP contribution in [-0.4, -0.2) is 0 Å². The zero-order valence-corrected chi connectivity index (χ0v) is 12.8. The number of hydrogen-bond acceptors (Lipinski definition) is 3. The number of para-hydroxylation sites is 1. The lowest BCUT2D eigenvalue weighted by molar-refractivity contribution is 0.287. The van der Waals surface area contributed by atoms with Crippen LogP contribution in [0.15, 0.2) is 63.8 Å². The second kappa shape index (κ2) is 5.43. The average Bonchev–Trinajstić information content (AvgIpc) is 2.64. The molecule has 4 rings (SSSR count). The monoisotopic (exact) mass is 304 g/mol. The van der Waals surface area contributed by atoms with Gasteiger partial charge in [-0.05, 0) is 17.2 Å². The van der Waals surface area contributed by atoms with E-state index in [4.69, 9.17) is 9.15 Å². The van der Waals surface area contributed by atoms with E-state index in [9.17, 15) is 4.79 Å². The van der Waals surface area contributed by atoms with Gasteiger partial charge >= 0.3 is 5.63 Å². The first-order chi connectivity index (χ1) is 11.2. The van der Waals surface area contributed by atoms with Crippen LogP contribution >= 0.6 is 0 Å². The fourth-order valence-electron chi connectivity index (χ4n) is 3.07. The van der Waals surface area contributed by atoms with Crippen LogP contribution in [0.4, 0.5) is 0 Å². The van der Waals surface area contributed by atoms with Crippen molar-refractivity contribution in [3.05, 3.63) is 81.7 Å². The van der Waals surface area contributed by atoms with E-state index in [0.29, 0.717) is 17.9 Å². The second-order valence-electron chi connectivity index (χ2n) is 5.76. The van der Waals surface area contributed by atoms with Crippen LogP contribution in [0.5, 0.6) is 5.75 Å². The third kappa shape index (κ3) is 2.34. The predicted octanol–water partition coefficient (Wildman–Crippen LogP) is 4.50. The maximum atomic E-state index is 12.4. The molecule has 1 unspecified atom stereocenters. The van der Waals surface area contributed by atoms with Crippen molar-refractivity contribution in [2.24, 2.45) is 0 Å². The van der Waals surface area contributed by atoms with Gasteiger partial charge in [-0.1, -0.05) is 61.5 Å². The molecule has 3 heteroatoms. The number of fused-ring (bicyclic) bond motifs is 4. The molecular formula is C20H16O3. The Bertz CT molecular complexity index is 966. The lowest BCUT2D eigenvalue weighted by Crippen LogP contribution is -2.11. The molecular weight excluding hydrogens is 288 g/mol. The molecule has 0 amide bonds. The van der Waals surface area contributed by atoms with E-state index in [-0.39, 0.29) is 5.92 Å². The quantitative estimate of drug-likeness (QED) is 0.574. The summed E-state index contributed by atoms with van der Waals surface area (Å²) in [5, 5.41) is 0.921. The van der Waals surface area contributed by atoms with Crippen LogP contribution in [0.1, 0.15) is 29.5 Å². The van der Waals surface area contributed by atoms with Crippen molar-refractivity contribution in [2.45, 2.75) is 19.4 Å². The summed E-state index contributed by atoms with van der Waals surface area (Å²) >= 11 is 0. The number of ether oxygens (including phenoxy) is 1. The molecule has 3 aromatic rings. The molecule has 3 nitrogen and oxygen atoms in total. The molecule has 0 aliphatic carbocycles. The highest BCUT2D eigenvalue weighted by Crippen LogP contribution is 2.34. The van der Waals surface area contributed by atoms with Crippen LogP contribution in [-0.2, 0) is 6.61 Å². The number of benzene rings is 2. The Balaban J connectivity index is 1.98. The first kappa shape index (κ1) is 13.8. The minimum Gasteiger partial charge on any atom is -0.481 e. The van der Waals surface area contributed by atoms with Gasteiger partial charge in [0.15, 0.2) is 0 Å². The lowest BCUT2D eigenvalue weighted by Gasteiger charge is -2.14. The van der Waals surface area contributed by atoms with Crippen molar-refractivity contribution in [2.75, 3.05) is 0 Å². The van der Waals surface area contributed by atoms with E-state index in [1.54, 1.807) is 0 Å². The minimum atomic E-state index is -0.418. The Labute approximate surface area is 133 Å². The zero-order valence-electron chi connectivity index (χ0n) is 12.8. The average molecular weight is 304 g/mol. The summed E-state index contributed by atoms with van der Waals surface area (Å²) in [6.07, 6.45) is 4.21. The normalized spacial score (nSPS) is 18.0. The zero-order chi connectivity index (χ0) is 15.8. The molecule has 0 saturated carbocycles. The highest BCUT2D eigenvalue weighted by Gasteiger charge is 2.21. The molecule has 1 atom stereocenters. The molecule has 0 radical (unpaired) electrons. The Kier molecular flexibility index (Phi) is 3.27. The van der Waals surface area contributed by atoms with Gasteiger partial charge in [0.05, 0.1) is 0 Å². The van der Waals surface area contributed by atoms with Crippen molar-refractivity contribution >= 4 is 17.0 Å². The fourth-order valence-corrected chi connectivity index (χ4v) is 3.07. The van der Waals surface area contributed by atoms with E-state index >= 15 is 0 Å². The van der Waals surface area contributed by atoms with Gasteiger partial charge in [-0.15, -0.1) is 0 Å². The van der Waals surface area contributed by atoms with E-state index in [1.807, 2.05) is 42.5 Å².